The molecule has 0 fully saturated rings. The standard InChI is InChI=1S/C21H28N2O5/c1-14(2)28-17-8-6-15(7-9-17)23-20(24)10-11-22-16-12-18(25-3)21(27-5)19(13-16)26-4/h6-9,12-14,22H,10-11H2,1-5H3,(H,23,24). The van der Waals surface area contributed by atoms with Crippen LogP contribution < -0.4 is 29.6 Å². The number of hydrogen-bond donors (Lipinski definition) is 2. The molecule has 0 aliphatic carbocycles. The molecule has 0 spiro atoms. The summed E-state index contributed by atoms with van der Waals surface area (Å²) in [5, 5.41) is 6.06. The van der Waals surface area contributed by atoms with Gasteiger partial charge in [0.05, 0.1) is 27.4 Å². The van der Waals surface area contributed by atoms with Crippen LogP contribution >= 0.6 is 0 Å². The summed E-state index contributed by atoms with van der Waals surface area (Å²) >= 11 is 0. The molecular formula is C21H28N2O5. The average Bonchev–Trinajstić information content (AvgIpc) is 2.68. The highest BCUT2D eigenvalue weighted by atomic mass is 16.5. The Morgan fingerprint density at radius 1 is 0.929 bits per heavy atom. The van der Waals surface area contributed by atoms with Gasteiger partial charge in [-0.05, 0) is 38.1 Å². The largest absolute Gasteiger partial charge is 0.493 e. The zero-order valence-electron chi connectivity index (χ0n) is 17.0. The van der Waals surface area contributed by atoms with Gasteiger partial charge in [0.2, 0.25) is 11.7 Å². The van der Waals surface area contributed by atoms with Gasteiger partial charge in [0, 0.05) is 36.5 Å². The van der Waals surface area contributed by atoms with Crippen molar-refractivity contribution in [2.45, 2.75) is 26.4 Å². The van der Waals surface area contributed by atoms with Crippen LogP contribution in [0.5, 0.6) is 23.0 Å². The summed E-state index contributed by atoms with van der Waals surface area (Å²) in [6, 6.07) is 10.9. The van der Waals surface area contributed by atoms with Crippen LogP contribution in [0.4, 0.5) is 11.4 Å². The van der Waals surface area contributed by atoms with E-state index in [1.165, 1.54) is 0 Å². The van der Waals surface area contributed by atoms with E-state index < -0.39 is 0 Å². The fourth-order valence-electron chi connectivity index (χ4n) is 2.62. The van der Waals surface area contributed by atoms with Gasteiger partial charge in [-0.2, -0.15) is 0 Å². The fraction of sp³-hybridized carbons (Fsp3) is 0.381. The number of anilines is 2. The first-order valence-corrected chi connectivity index (χ1v) is 9.07. The average molecular weight is 388 g/mol. The molecule has 0 aliphatic heterocycles. The number of rotatable bonds is 10. The molecule has 2 N–H and O–H groups in total. The highest BCUT2D eigenvalue weighted by Crippen LogP contribution is 2.39. The molecule has 0 atom stereocenters. The molecule has 7 nitrogen and oxygen atoms in total. The minimum atomic E-state index is -0.0857. The van der Waals surface area contributed by atoms with Gasteiger partial charge in [-0.3, -0.25) is 4.79 Å². The molecule has 2 aromatic carbocycles. The van der Waals surface area contributed by atoms with E-state index in [9.17, 15) is 4.79 Å². The van der Waals surface area contributed by atoms with Crippen LogP contribution in [0.15, 0.2) is 36.4 Å². The summed E-state index contributed by atoms with van der Waals surface area (Å²) in [7, 11) is 4.68. The van der Waals surface area contributed by atoms with Gasteiger partial charge in [-0.1, -0.05) is 0 Å². The molecule has 0 unspecified atom stereocenters. The third-order valence-electron chi connectivity index (χ3n) is 3.86. The predicted octanol–water partition coefficient (Wildman–Crippen LogP) is 3.94. The first-order chi connectivity index (χ1) is 13.5. The minimum Gasteiger partial charge on any atom is -0.493 e. The van der Waals surface area contributed by atoms with Gasteiger partial charge < -0.3 is 29.6 Å². The molecule has 152 valence electrons. The number of methoxy groups -OCH3 is 3. The van der Waals surface area contributed by atoms with E-state index in [4.69, 9.17) is 18.9 Å². The lowest BCUT2D eigenvalue weighted by atomic mass is 10.2. The number of amides is 1. The van der Waals surface area contributed by atoms with E-state index in [1.807, 2.05) is 38.1 Å². The Morgan fingerprint density at radius 2 is 1.54 bits per heavy atom. The van der Waals surface area contributed by atoms with Gasteiger partial charge in [0.15, 0.2) is 11.5 Å². The van der Waals surface area contributed by atoms with Gasteiger partial charge in [0.25, 0.3) is 0 Å². The summed E-state index contributed by atoms with van der Waals surface area (Å²) in [5.74, 6) is 2.32. The van der Waals surface area contributed by atoms with Crippen LogP contribution in [0.2, 0.25) is 0 Å². The lowest BCUT2D eigenvalue weighted by Gasteiger charge is -2.15. The third-order valence-corrected chi connectivity index (χ3v) is 3.86. The van der Waals surface area contributed by atoms with Crippen molar-refractivity contribution in [3.8, 4) is 23.0 Å². The van der Waals surface area contributed by atoms with Crippen molar-refractivity contribution in [2.24, 2.45) is 0 Å². The van der Waals surface area contributed by atoms with Crippen LogP contribution in [-0.2, 0) is 4.79 Å². The topological polar surface area (TPSA) is 78.1 Å². The number of ether oxygens (including phenoxy) is 4. The second-order valence-electron chi connectivity index (χ2n) is 6.33. The SMILES string of the molecule is COc1cc(NCCC(=O)Nc2ccc(OC(C)C)cc2)cc(OC)c1OC. The molecular weight excluding hydrogens is 360 g/mol. The van der Waals surface area contributed by atoms with Gasteiger partial charge in [-0.15, -0.1) is 0 Å². The quantitative estimate of drug-likeness (QED) is 0.642. The van der Waals surface area contributed by atoms with E-state index in [0.717, 1.165) is 17.1 Å². The lowest BCUT2D eigenvalue weighted by molar-refractivity contribution is -0.115. The van der Waals surface area contributed by atoms with Crippen molar-refractivity contribution in [3.63, 3.8) is 0 Å². The Balaban J connectivity index is 1.88. The van der Waals surface area contributed by atoms with E-state index in [-0.39, 0.29) is 12.0 Å². The molecule has 0 saturated heterocycles. The summed E-state index contributed by atoms with van der Waals surface area (Å²) in [6.07, 6.45) is 0.419. The zero-order valence-corrected chi connectivity index (χ0v) is 17.0. The van der Waals surface area contributed by atoms with Crippen molar-refractivity contribution >= 4 is 17.3 Å². The number of benzene rings is 2. The summed E-state index contributed by atoms with van der Waals surface area (Å²) in [6.45, 7) is 4.40. The first kappa shape index (κ1) is 21.2. The first-order valence-electron chi connectivity index (χ1n) is 9.07. The lowest BCUT2D eigenvalue weighted by Crippen LogP contribution is -2.16. The van der Waals surface area contributed by atoms with E-state index in [1.54, 1.807) is 33.5 Å². The van der Waals surface area contributed by atoms with Crippen LogP contribution in [0.1, 0.15) is 20.3 Å². The van der Waals surface area contributed by atoms with Crippen molar-refractivity contribution < 1.29 is 23.7 Å². The predicted molar refractivity (Wildman–Crippen MR) is 110 cm³/mol. The molecule has 2 aromatic rings. The van der Waals surface area contributed by atoms with Gasteiger partial charge >= 0.3 is 0 Å². The molecule has 2 rings (SSSR count). The number of hydrogen-bond acceptors (Lipinski definition) is 6. The highest BCUT2D eigenvalue weighted by molar-refractivity contribution is 5.91. The molecule has 0 heterocycles. The maximum absolute atomic E-state index is 12.2. The number of carbonyl (C=O) groups is 1. The highest BCUT2D eigenvalue weighted by Gasteiger charge is 2.13. The number of carbonyl (C=O) groups excluding carboxylic acids is 1. The second-order valence-corrected chi connectivity index (χ2v) is 6.33. The Hall–Kier alpha value is -3.09. The summed E-state index contributed by atoms with van der Waals surface area (Å²) < 4.78 is 21.5. The zero-order chi connectivity index (χ0) is 20.5. The van der Waals surface area contributed by atoms with Crippen LogP contribution in [0, 0.1) is 0 Å². The molecule has 0 aromatic heterocycles. The maximum atomic E-state index is 12.2. The van der Waals surface area contributed by atoms with Crippen molar-refractivity contribution in [1.29, 1.82) is 0 Å². The van der Waals surface area contributed by atoms with Crippen molar-refractivity contribution in [3.05, 3.63) is 36.4 Å². The molecule has 0 bridgehead atoms. The molecule has 0 aliphatic rings. The Labute approximate surface area is 165 Å². The van der Waals surface area contributed by atoms with Crippen molar-refractivity contribution in [1.82, 2.24) is 0 Å². The molecule has 1 amide bonds. The summed E-state index contributed by atoms with van der Waals surface area (Å²) in [5.41, 5.74) is 1.51. The Kier molecular flexibility index (Phi) is 7.80. The second kappa shape index (κ2) is 10.3. The van der Waals surface area contributed by atoms with E-state index in [0.29, 0.717) is 30.2 Å². The summed E-state index contributed by atoms with van der Waals surface area (Å²) in [4.78, 5) is 12.2. The van der Waals surface area contributed by atoms with Gasteiger partial charge in [-0.25, -0.2) is 0 Å². The Bertz CT molecular complexity index is 750. The van der Waals surface area contributed by atoms with Gasteiger partial charge in [0.1, 0.15) is 5.75 Å². The third kappa shape index (κ3) is 5.97. The number of nitrogens with one attached hydrogen (secondary N) is 2. The maximum Gasteiger partial charge on any atom is 0.226 e. The molecule has 7 heteroatoms. The van der Waals surface area contributed by atoms with Crippen molar-refractivity contribution in [2.75, 3.05) is 38.5 Å². The minimum absolute atomic E-state index is 0.0857. The Morgan fingerprint density at radius 3 is 2.04 bits per heavy atom. The van der Waals surface area contributed by atoms with E-state index in [2.05, 4.69) is 10.6 Å². The normalized spacial score (nSPS) is 10.4. The monoisotopic (exact) mass is 388 g/mol. The van der Waals surface area contributed by atoms with Crippen LogP contribution in [-0.4, -0.2) is 39.9 Å². The molecule has 0 saturated carbocycles. The van der Waals surface area contributed by atoms with Crippen LogP contribution in [0.3, 0.4) is 0 Å². The smallest absolute Gasteiger partial charge is 0.226 e. The molecule has 0 radical (unpaired) electrons. The van der Waals surface area contributed by atoms with E-state index >= 15 is 0 Å². The van der Waals surface area contributed by atoms with Crippen LogP contribution in [0.25, 0.3) is 0 Å². The fourth-order valence-corrected chi connectivity index (χ4v) is 2.62. The molecule has 28 heavy (non-hydrogen) atoms.